The molecule has 1 aromatic rings. The smallest absolute Gasteiger partial charge is 0.300 e. The highest BCUT2D eigenvalue weighted by molar-refractivity contribution is 6.34. The second kappa shape index (κ2) is 9.86. The Morgan fingerprint density at radius 2 is 1.93 bits per heavy atom. The van der Waals surface area contributed by atoms with Gasteiger partial charge in [0.1, 0.15) is 6.61 Å². The van der Waals surface area contributed by atoms with Crippen molar-refractivity contribution in [1.29, 1.82) is 0 Å². The Morgan fingerprint density at radius 3 is 2.50 bits per heavy atom. The summed E-state index contributed by atoms with van der Waals surface area (Å²) in [6.07, 6.45) is 3.10. The van der Waals surface area contributed by atoms with Crippen LogP contribution in [0.3, 0.4) is 0 Å². The fraction of sp³-hybridized carbons (Fsp3) is 0.526. The quantitative estimate of drug-likeness (QED) is 0.591. The van der Waals surface area contributed by atoms with E-state index in [-0.39, 0.29) is 29.8 Å². The molecule has 0 bridgehead atoms. The summed E-state index contributed by atoms with van der Waals surface area (Å²) in [6, 6.07) is 5.07. The maximum atomic E-state index is 12.4. The summed E-state index contributed by atoms with van der Waals surface area (Å²) in [5.41, 5.74) is 1.34. The lowest BCUT2D eigenvalue weighted by Gasteiger charge is -2.23. The highest BCUT2D eigenvalue weighted by atomic mass is 35.5. The second-order valence-corrected chi connectivity index (χ2v) is 7.46. The fourth-order valence-corrected chi connectivity index (χ4v) is 3.66. The van der Waals surface area contributed by atoms with Crippen LogP contribution in [0.2, 0.25) is 5.02 Å². The molecular formula is C19H26ClN3O5. The molecule has 1 spiro atoms. The Balaban J connectivity index is 0.000000640. The summed E-state index contributed by atoms with van der Waals surface area (Å²) < 4.78 is 4.76. The third-order valence-electron chi connectivity index (χ3n) is 4.89. The van der Waals surface area contributed by atoms with Crippen molar-refractivity contribution in [2.24, 2.45) is 11.3 Å². The van der Waals surface area contributed by atoms with Gasteiger partial charge in [0.2, 0.25) is 11.8 Å². The minimum atomic E-state index is -0.833. The summed E-state index contributed by atoms with van der Waals surface area (Å²) in [7, 11) is 1.45. The third kappa shape index (κ3) is 6.19. The summed E-state index contributed by atoms with van der Waals surface area (Å²) in [4.78, 5) is 33.0. The van der Waals surface area contributed by atoms with Crippen LogP contribution in [0.1, 0.15) is 26.2 Å². The van der Waals surface area contributed by atoms with Crippen molar-refractivity contribution < 1.29 is 24.2 Å². The Bertz CT molecular complexity index is 730. The number of carbonyl (C=O) groups is 3. The number of amides is 2. The van der Waals surface area contributed by atoms with Gasteiger partial charge in [0.15, 0.2) is 0 Å². The normalized spacial score (nSPS) is 19.2. The molecule has 8 nitrogen and oxygen atoms in total. The van der Waals surface area contributed by atoms with Gasteiger partial charge in [0, 0.05) is 25.6 Å². The lowest BCUT2D eigenvalue weighted by molar-refractivity contribution is -0.134. The number of halogens is 1. The van der Waals surface area contributed by atoms with Gasteiger partial charge in [0.25, 0.3) is 5.97 Å². The van der Waals surface area contributed by atoms with E-state index in [0.29, 0.717) is 16.4 Å². The van der Waals surface area contributed by atoms with Crippen LogP contribution in [0, 0.1) is 11.3 Å². The molecule has 2 amide bonds. The molecule has 0 aromatic heterocycles. The van der Waals surface area contributed by atoms with E-state index in [1.807, 2.05) is 0 Å². The molecule has 1 saturated heterocycles. The first kappa shape index (κ1) is 22.1. The zero-order chi connectivity index (χ0) is 20.7. The second-order valence-electron chi connectivity index (χ2n) is 7.05. The number of carboxylic acids is 1. The number of carboxylic acid groups (broad SMARTS) is 1. The highest BCUT2D eigenvalue weighted by Gasteiger charge is 2.57. The molecule has 9 heteroatoms. The van der Waals surface area contributed by atoms with Crippen LogP contribution in [0.15, 0.2) is 18.2 Å². The van der Waals surface area contributed by atoms with Gasteiger partial charge >= 0.3 is 0 Å². The Morgan fingerprint density at radius 1 is 1.29 bits per heavy atom. The molecule has 2 aliphatic rings. The van der Waals surface area contributed by atoms with E-state index in [1.165, 1.54) is 7.11 Å². The van der Waals surface area contributed by atoms with E-state index in [0.717, 1.165) is 39.3 Å². The fourth-order valence-electron chi connectivity index (χ4n) is 3.44. The summed E-state index contributed by atoms with van der Waals surface area (Å²) in [6.45, 7) is 3.03. The van der Waals surface area contributed by atoms with E-state index in [2.05, 4.69) is 16.0 Å². The third-order valence-corrected chi connectivity index (χ3v) is 5.20. The monoisotopic (exact) mass is 411 g/mol. The van der Waals surface area contributed by atoms with Gasteiger partial charge in [-0.25, -0.2) is 0 Å². The maximum absolute atomic E-state index is 12.4. The number of rotatable bonds is 5. The van der Waals surface area contributed by atoms with Gasteiger partial charge in [-0.1, -0.05) is 11.6 Å². The Kier molecular flexibility index (Phi) is 7.79. The minimum absolute atomic E-state index is 0.0343. The number of benzene rings is 1. The number of piperidine rings is 1. The minimum Gasteiger partial charge on any atom is -0.481 e. The lowest BCUT2D eigenvalue weighted by atomic mass is 9.92. The molecule has 28 heavy (non-hydrogen) atoms. The van der Waals surface area contributed by atoms with Crippen molar-refractivity contribution in [2.45, 2.75) is 26.2 Å². The number of nitrogens with one attached hydrogen (secondary N) is 3. The number of aliphatic carboxylic acids is 1. The number of methoxy groups -OCH3 is 1. The Hall–Kier alpha value is -2.16. The van der Waals surface area contributed by atoms with E-state index in [9.17, 15) is 9.59 Å². The zero-order valence-corrected chi connectivity index (χ0v) is 16.8. The first-order chi connectivity index (χ1) is 13.3. The standard InChI is InChI=1S/C17H22ClN3O3.C2H4O2/c1-24-10-15(22)21-14-3-2-11(8-13(14)18)20-16(23)12-9-17(12)4-6-19-7-5-17;1-2(3)4/h2-3,8,12,19H,4-7,9-10H2,1H3,(H,20,23)(H,21,22);1H3,(H,3,4). The molecule has 0 radical (unpaired) electrons. The first-order valence-corrected chi connectivity index (χ1v) is 9.44. The van der Waals surface area contributed by atoms with Crippen LogP contribution >= 0.6 is 11.6 Å². The van der Waals surface area contributed by atoms with Crippen molar-refractivity contribution in [2.75, 3.05) is 37.4 Å². The Labute approximate surface area is 169 Å². The van der Waals surface area contributed by atoms with Gasteiger partial charge in [-0.3, -0.25) is 14.4 Å². The van der Waals surface area contributed by atoms with E-state index in [1.54, 1.807) is 18.2 Å². The molecule has 154 valence electrons. The average molecular weight is 412 g/mol. The van der Waals surface area contributed by atoms with Crippen molar-refractivity contribution in [3.05, 3.63) is 23.2 Å². The number of hydrogen-bond donors (Lipinski definition) is 4. The maximum Gasteiger partial charge on any atom is 0.300 e. The van der Waals surface area contributed by atoms with E-state index in [4.69, 9.17) is 26.2 Å². The molecule has 3 rings (SSSR count). The largest absolute Gasteiger partial charge is 0.481 e. The van der Waals surface area contributed by atoms with Crippen LogP contribution in [-0.2, 0) is 19.1 Å². The lowest BCUT2D eigenvalue weighted by Crippen LogP contribution is -2.31. The molecule has 2 fully saturated rings. The van der Waals surface area contributed by atoms with Crippen molar-refractivity contribution in [3.63, 3.8) is 0 Å². The molecule has 1 atom stereocenters. The molecule has 1 saturated carbocycles. The summed E-state index contributed by atoms with van der Waals surface area (Å²) >= 11 is 6.18. The predicted molar refractivity (Wildman–Crippen MR) is 107 cm³/mol. The van der Waals surface area contributed by atoms with Gasteiger partial charge in [-0.15, -0.1) is 0 Å². The SMILES string of the molecule is CC(=O)O.COCC(=O)Nc1ccc(NC(=O)C2CC23CCNCC3)cc1Cl. The van der Waals surface area contributed by atoms with Crippen LogP contribution in [0.4, 0.5) is 11.4 Å². The van der Waals surface area contributed by atoms with E-state index >= 15 is 0 Å². The van der Waals surface area contributed by atoms with Crippen molar-refractivity contribution in [3.8, 4) is 0 Å². The molecular weight excluding hydrogens is 386 g/mol. The molecule has 4 N–H and O–H groups in total. The van der Waals surface area contributed by atoms with Gasteiger partial charge in [0.05, 0.1) is 10.7 Å². The molecule has 1 unspecified atom stereocenters. The number of carbonyl (C=O) groups excluding carboxylic acids is 2. The average Bonchev–Trinajstić information content (AvgIpc) is 3.31. The van der Waals surface area contributed by atoms with Crippen LogP contribution in [0.25, 0.3) is 0 Å². The van der Waals surface area contributed by atoms with Crippen LogP contribution < -0.4 is 16.0 Å². The van der Waals surface area contributed by atoms with Gasteiger partial charge in [-0.05, 0) is 56.0 Å². The number of hydrogen-bond acceptors (Lipinski definition) is 5. The van der Waals surface area contributed by atoms with Crippen LogP contribution in [0.5, 0.6) is 0 Å². The molecule has 1 aromatic carbocycles. The van der Waals surface area contributed by atoms with Gasteiger partial charge in [-0.2, -0.15) is 0 Å². The summed E-state index contributed by atoms with van der Waals surface area (Å²) in [5.74, 6) is -0.953. The van der Waals surface area contributed by atoms with Crippen molar-refractivity contribution >= 4 is 40.8 Å². The number of anilines is 2. The molecule has 1 aliphatic carbocycles. The van der Waals surface area contributed by atoms with Gasteiger partial charge < -0.3 is 25.8 Å². The predicted octanol–water partition coefficient (Wildman–Crippen LogP) is 2.34. The highest BCUT2D eigenvalue weighted by Crippen LogP contribution is 2.58. The van der Waals surface area contributed by atoms with Crippen molar-refractivity contribution in [1.82, 2.24) is 5.32 Å². The molecule has 1 heterocycles. The summed E-state index contributed by atoms with van der Waals surface area (Å²) in [5, 5.41) is 16.7. The first-order valence-electron chi connectivity index (χ1n) is 9.07. The molecule has 1 aliphatic heterocycles. The van der Waals surface area contributed by atoms with Crippen LogP contribution in [-0.4, -0.2) is 49.7 Å². The van der Waals surface area contributed by atoms with E-state index < -0.39 is 5.97 Å². The number of ether oxygens (including phenoxy) is 1. The topological polar surface area (TPSA) is 117 Å². The zero-order valence-electron chi connectivity index (χ0n) is 16.0.